The second kappa shape index (κ2) is 6.44. The molecule has 1 aromatic carbocycles. The van der Waals surface area contributed by atoms with Gasteiger partial charge in [0.25, 0.3) is 0 Å². The first-order chi connectivity index (χ1) is 11.0. The molecule has 1 saturated heterocycles. The fourth-order valence-electron chi connectivity index (χ4n) is 3.08. The Kier molecular flexibility index (Phi) is 4.36. The zero-order valence-corrected chi connectivity index (χ0v) is 12.6. The van der Waals surface area contributed by atoms with Crippen LogP contribution in [0.5, 0.6) is 5.75 Å². The Morgan fingerprint density at radius 2 is 2.17 bits per heavy atom. The van der Waals surface area contributed by atoms with E-state index in [4.69, 9.17) is 9.84 Å². The molecule has 0 radical (unpaired) electrons. The molecule has 23 heavy (non-hydrogen) atoms. The van der Waals surface area contributed by atoms with E-state index in [2.05, 4.69) is 5.32 Å². The van der Waals surface area contributed by atoms with Crippen LogP contribution in [0.15, 0.2) is 18.2 Å². The van der Waals surface area contributed by atoms with Crippen molar-refractivity contribution in [3.8, 4) is 5.75 Å². The molecule has 2 amide bonds. The summed E-state index contributed by atoms with van der Waals surface area (Å²) in [5, 5.41) is 11.9. The second-order valence-electron chi connectivity index (χ2n) is 5.94. The molecule has 2 unspecified atom stereocenters. The average molecular weight is 322 g/mol. The minimum atomic E-state index is -0.879. The second-order valence-corrected chi connectivity index (χ2v) is 5.94. The number of halogens is 1. The highest BCUT2D eigenvalue weighted by molar-refractivity contribution is 5.77. The minimum absolute atomic E-state index is 0.209. The number of likely N-dealkylation sites (tertiary alicyclic amines) is 1. The Morgan fingerprint density at radius 1 is 1.35 bits per heavy atom. The number of nitrogens with one attached hydrogen (secondary N) is 1. The number of rotatable bonds is 2. The molecule has 0 aromatic heterocycles. The maximum Gasteiger partial charge on any atom is 0.317 e. The Morgan fingerprint density at radius 3 is 2.91 bits per heavy atom. The van der Waals surface area contributed by atoms with Crippen molar-refractivity contribution >= 4 is 12.0 Å². The van der Waals surface area contributed by atoms with E-state index in [-0.39, 0.29) is 24.4 Å². The number of benzene rings is 1. The van der Waals surface area contributed by atoms with Crippen LogP contribution in [-0.2, 0) is 4.79 Å². The van der Waals surface area contributed by atoms with Crippen LogP contribution in [0, 0.1) is 11.7 Å². The molecule has 3 rings (SSSR count). The summed E-state index contributed by atoms with van der Waals surface area (Å²) in [6, 6.07) is 3.65. The zero-order chi connectivity index (χ0) is 16.4. The zero-order valence-electron chi connectivity index (χ0n) is 12.6. The van der Waals surface area contributed by atoms with Gasteiger partial charge in [-0.25, -0.2) is 9.18 Å². The summed E-state index contributed by atoms with van der Waals surface area (Å²) in [4.78, 5) is 24.9. The van der Waals surface area contributed by atoms with Gasteiger partial charge in [-0.15, -0.1) is 0 Å². The minimum Gasteiger partial charge on any atom is -0.493 e. The summed E-state index contributed by atoms with van der Waals surface area (Å²) in [5.41, 5.74) is 0.629. The molecule has 6 nitrogen and oxygen atoms in total. The van der Waals surface area contributed by atoms with Crippen LogP contribution in [0.2, 0.25) is 0 Å². The van der Waals surface area contributed by atoms with E-state index in [1.165, 1.54) is 17.0 Å². The van der Waals surface area contributed by atoms with Crippen molar-refractivity contribution in [2.45, 2.75) is 25.3 Å². The van der Waals surface area contributed by atoms with Gasteiger partial charge < -0.3 is 20.1 Å². The lowest BCUT2D eigenvalue weighted by Crippen LogP contribution is -2.40. The molecule has 0 saturated carbocycles. The standard InChI is InChI=1S/C16H19FN2O4/c17-11-3-4-14-12(8-11)13(2-1-7-23-14)18-16(22)19-6-5-10(9-19)15(20)21/h3-4,8,10,13H,1-2,5-7,9H2,(H,18,22)(H,20,21). The Bertz CT molecular complexity index is 622. The normalized spacial score (nSPS) is 23.6. The summed E-state index contributed by atoms with van der Waals surface area (Å²) < 4.78 is 19.1. The molecule has 2 aliphatic rings. The van der Waals surface area contributed by atoms with Crippen LogP contribution >= 0.6 is 0 Å². The van der Waals surface area contributed by atoms with E-state index in [0.29, 0.717) is 37.3 Å². The Labute approximate surface area is 133 Å². The monoisotopic (exact) mass is 322 g/mol. The van der Waals surface area contributed by atoms with Gasteiger partial charge in [0.05, 0.1) is 18.6 Å². The van der Waals surface area contributed by atoms with Crippen LogP contribution in [0.1, 0.15) is 30.9 Å². The smallest absolute Gasteiger partial charge is 0.317 e. The summed E-state index contributed by atoms with van der Waals surface area (Å²) >= 11 is 0. The Hall–Kier alpha value is -2.31. The molecule has 124 valence electrons. The van der Waals surface area contributed by atoms with E-state index in [9.17, 15) is 14.0 Å². The number of carbonyl (C=O) groups excluding carboxylic acids is 1. The molecular formula is C16H19FN2O4. The number of carboxylic acids is 1. The number of carboxylic acid groups (broad SMARTS) is 1. The number of fused-ring (bicyclic) bond motifs is 1. The number of aliphatic carboxylic acids is 1. The molecule has 2 heterocycles. The summed E-state index contributed by atoms with van der Waals surface area (Å²) in [6.07, 6.45) is 1.86. The molecule has 0 spiro atoms. The highest BCUT2D eigenvalue weighted by Gasteiger charge is 2.32. The molecule has 0 bridgehead atoms. The molecule has 0 aliphatic carbocycles. The first-order valence-corrected chi connectivity index (χ1v) is 7.75. The van der Waals surface area contributed by atoms with Crippen LogP contribution in [0.25, 0.3) is 0 Å². The molecule has 2 atom stereocenters. The van der Waals surface area contributed by atoms with Crippen LogP contribution in [0.4, 0.5) is 9.18 Å². The number of hydrogen-bond acceptors (Lipinski definition) is 3. The van der Waals surface area contributed by atoms with Crippen molar-refractivity contribution in [1.82, 2.24) is 10.2 Å². The van der Waals surface area contributed by atoms with Gasteiger partial charge in [-0.1, -0.05) is 0 Å². The molecular weight excluding hydrogens is 303 g/mol. The van der Waals surface area contributed by atoms with Gasteiger partial charge in [0.2, 0.25) is 0 Å². The van der Waals surface area contributed by atoms with Crippen molar-refractivity contribution in [2.75, 3.05) is 19.7 Å². The van der Waals surface area contributed by atoms with Gasteiger partial charge in [0.15, 0.2) is 0 Å². The quantitative estimate of drug-likeness (QED) is 0.874. The lowest BCUT2D eigenvalue weighted by molar-refractivity contribution is -0.141. The third-order valence-corrected chi connectivity index (χ3v) is 4.36. The SMILES string of the molecule is O=C(O)C1CCN(C(=O)NC2CCCOc3ccc(F)cc32)C1. The van der Waals surface area contributed by atoms with Crippen LogP contribution < -0.4 is 10.1 Å². The van der Waals surface area contributed by atoms with E-state index in [1.54, 1.807) is 6.07 Å². The maximum absolute atomic E-state index is 13.5. The number of carbonyl (C=O) groups is 2. The van der Waals surface area contributed by atoms with Crippen molar-refractivity contribution < 1.29 is 23.8 Å². The number of amides is 2. The number of urea groups is 1. The first kappa shape index (κ1) is 15.6. The van der Waals surface area contributed by atoms with E-state index < -0.39 is 11.9 Å². The summed E-state index contributed by atoms with van der Waals surface area (Å²) in [7, 11) is 0. The fraction of sp³-hybridized carbons (Fsp3) is 0.500. The van der Waals surface area contributed by atoms with Crippen molar-refractivity contribution in [3.63, 3.8) is 0 Å². The lowest BCUT2D eigenvalue weighted by atomic mass is 10.0. The molecule has 7 heteroatoms. The van der Waals surface area contributed by atoms with Crippen molar-refractivity contribution in [3.05, 3.63) is 29.6 Å². The third-order valence-electron chi connectivity index (χ3n) is 4.36. The fourth-order valence-corrected chi connectivity index (χ4v) is 3.08. The van der Waals surface area contributed by atoms with Crippen molar-refractivity contribution in [2.24, 2.45) is 5.92 Å². The predicted molar refractivity (Wildman–Crippen MR) is 79.7 cm³/mol. The summed E-state index contributed by atoms with van der Waals surface area (Å²) in [5.74, 6) is -1.18. The topological polar surface area (TPSA) is 78.9 Å². The summed E-state index contributed by atoms with van der Waals surface area (Å²) in [6.45, 7) is 1.15. The number of hydrogen-bond donors (Lipinski definition) is 2. The van der Waals surface area contributed by atoms with E-state index >= 15 is 0 Å². The van der Waals surface area contributed by atoms with Gasteiger partial charge in [-0.3, -0.25) is 4.79 Å². The molecule has 2 N–H and O–H groups in total. The van der Waals surface area contributed by atoms with Gasteiger partial charge >= 0.3 is 12.0 Å². The Balaban J connectivity index is 1.71. The van der Waals surface area contributed by atoms with Gasteiger partial charge in [0, 0.05) is 18.7 Å². The van der Waals surface area contributed by atoms with Gasteiger partial charge in [-0.2, -0.15) is 0 Å². The third kappa shape index (κ3) is 3.38. The van der Waals surface area contributed by atoms with Crippen molar-refractivity contribution in [1.29, 1.82) is 0 Å². The number of ether oxygens (including phenoxy) is 1. The van der Waals surface area contributed by atoms with Crippen LogP contribution in [-0.4, -0.2) is 41.7 Å². The number of nitrogens with zero attached hydrogens (tertiary/aromatic N) is 1. The maximum atomic E-state index is 13.5. The largest absolute Gasteiger partial charge is 0.493 e. The van der Waals surface area contributed by atoms with Gasteiger partial charge in [-0.05, 0) is 37.5 Å². The highest BCUT2D eigenvalue weighted by Crippen LogP contribution is 2.32. The van der Waals surface area contributed by atoms with Gasteiger partial charge in [0.1, 0.15) is 11.6 Å². The highest BCUT2D eigenvalue weighted by atomic mass is 19.1. The molecule has 1 fully saturated rings. The molecule has 2 aliphatic heterocycles. The van der Waals surface area contributed by atoms with Crippen LogP contribution in [0.3, 0.4) is 0 Å². The average Bonchev–Trinajstić information content (AvgIpc) is 2.94. The first-order valence-electron chi connectivity index (χ1n) is 7.75. The van der Waals surface area contributed by atoms with E-state index in [0.717, 1.165) is 6.42 Å². The molecule has 1 aromatic rings. The van der Waals surface area contributed by atoms with E-state index in [1.807, 2.05) is 0 Å². The lowest BCUT2D eigenvalue weighted by Gasteiger charge is -2.23. The predicted octanol–water partition coefficient (Wildman–Crippen LogP) is 2.16.